The first kappa shape index (κ1) is 26.7. The zero-order valence-electron chi connectivity index (χ0n) is 23.2. The van der Waals surface area contributed by atoms with E-state index in [1.807, 2.05) is 0 Å². The smallest absolute Gasteiger partial charge is 0.303 e. The lowest BCUT2D eigenvalue weighted by Gasteiger charge is -2.62. The van der Waals surface area contributed by atoms with Crippen LogP contribution in [-0.2, 0) is 19.1 Å². The lowest BCUT2D eigenvalue weighted by Crippen LogP contribution is -2.61. The molecule has 204 valence electrons. The molecular formula is C31H50O5. The first-order chi connectivity index (χ1) is 17.2. The van der Waals surface area contributed by atoms with Gasteiger partial charge in [0.2, 0.25) is 0 Å². The molecule has 0 amide bonds. The van der Waals surface area contributed by atoms with Crippen molar-refractivity contribution in [2.45, 2.75) is 124 Å². The van der Waals surface area contributed by atoms with Crippen LogP contribution in [0.25, 0.3) is 0 Å². The molecule has 0 bridgehead atoms. The predicted molar refractivity (Wildman–Crippen MR) is 139 cm³/mol. The van der Waals surface area contributed by atoms with Crippen molar-refractivity contribution < 1.29 is 24.2 Å². The van der Waals surface area contributed by atoms with Gasteiger partial charge < -0.3 is 14.6 Å². The number of hydrogen-bond donors (Lipinski definition) is 1. The van der Waals surface area contributed by atoms with Crippen LogP contribution in [0.4, 0.5) is 0 Å². The summed E-state index contributed by atoms with van der Waals surface area (Å²) >= 11 is 0. The zero-order chi connectivity index (χ0) is 25.7. The number of Topliss-reactive ketones (excluding diaryl/α,β-unsaturated/α-hetero) is 1. The van der Waals surface area contributed by atoms with E-state index in [2.05, 4.69) is 27.7 Å². The van der Waals surface area contributed by atoms with Gasteiger partial charge in [0.05, 0.1) is 6.10 Å². The van der Waals surface area contributed by atoms with Crippen molar-refractivity contribution in [2.75, 3.05) is 6.61 Å². The third-order valence-corrected chi connectivity index (χ3v) is 12.2. The van der Waals surface area contributed by atoms with E-state index in [1.165, 1.54) is 19.3 Å². The molecule has 5 heteroatoms. The van der Waals surface area contributed by atoms with E-state index in [-0.39, 0.29) is 41.5 Å². The molecule has 5 rings (SSSR count). The van der Waals surface area contributed by atoms with Gasteiger partial charge in [-0.1, -0.05) is 27.7 Å². The third kappa shape index (κ3) is 4.48. The van der Waals surface area contributed by atoms with Crippen LogP contribution < -0.4 is 0 Å². The molecule has 0 aromatic heterocycles. The summed E-state index contributed by atoms with van der Waals surface area (Å²) in [7, 11) is 0. The molecule has 11 unspecified atom stereocenters. The topological polar surface area (TPSA) is 72.8 Å². The van der Waals surface area contributed by atoms with Crippen LogP contribution in [0.15, 0.2) is 0 Å². The van der Waals surface area contributed by atoms with E-state index in [9.17, 15) is 14.7 Å². The average Bonchev–Trinajstić information content (AvgIpc) is 3.21. The maximum atomic E-state index is 14.3. The highest BCUT2D eigenvalue weighted by Crippen LogP contribution is 2.68. The molecule has 36 heavy (non-hydrogen) atoms. The molecular weight excluding hydrogens is 452 g/mol. The van der Waals surface area contributed by atoms with Gasteiger partial charge in [-0.3, -0.25) is 9.59 Å². The minimum Gasteiger partial charge on any atom is -0.481 e. The van der Waals surface area contributed by atoms with E-state index >= 15 is 0 Å². The molecule has 0 aromatic carbocycles. The zero-order valence-corrected chi connectivity index (χ0v) is 23.2. The Hall–Kier alpha value is -0.940. The van der Waals surface area contributed by atoms with Gasteiger partial charge in [-0.05, 0) is 117 Å². The number of carboxylic acid groups (broad SMARTS) is 1. The first-order valence-electron chi connectivity index (χ1n) is 15.2. The Bertz CT molecular complexity index is 820. The molecule has 1 saturated heterocycles. The van der Waals surface area contributed by atoms with E-state index in [0.717, 1.165) is 64.4 Å². The number of aliphatic carboxylic acids is 1. The maximum Gasteiger partial charge on any atom is 0.303 e. The molecule has 4 aliphatic carbocycles. The van der Waals surface area contributed by atoms with Crippen LogP contribution in [0.5, 0.6) is 0 Å². The molecule has 5 nitrogen and oxygen atoms in total. The molecule has 11 atom stereocenters. The summed E-state index contributed by atoms with van der Waals surface area (Å²) in [5.41, 5.74) is 0.399. The fourth-order valence-corrected chi connectivity index (χ4v) is 10.3. The Balaban J connectivity index is 1.34. The first-order valence-corrected chi connectivity index (χ1v) is 15.2. The van der Waals surface area contributed by atoms with Crippen molar-refractivity contribution in [3.8, 4) is 0 Å². The standard InChI is InChI=1S/C31H50O5/c1-5-21-25-18-20(36-27-8-6-7-17-35-27)13-15-31(25,4)24-14-16-30(3)22(19(2)9-12-26(32)33)10-11-23(30)28(24)29(21)34/h19-25,27-28H,5-18H2,1-4H3,(H,32,33). The average molecular weight is 503 g/mol. The van der Waals surface area contributed by atoms with Crippen molar-refractivity contribution in [3.63, 3.8) is 0 Å². The van der Waals surface area contributed by atoms with Crippen molar-refractivity contribution in [1.29, 1.82) is 0 Å². The Kier molecular flexibility index (Phi) is 7.64. The fraction of sp³-hybridized carbons (Fsp3) is 0.935. The summed E-state index contributed by atoms with van der Waals surface area (Å²) in [5, 5.41) is 9.24. The van der Waals surface area contributed by atoms with Crippen molar-refractivity contribution in [2.24, 2.45) is 52.3 Å². The molecule has 5 aliphatic rings. The summed E-state index contributed by atoms with van der Waals surface area (Å²) in [6.07, 6.45) is 13.4. The monoisotopic (exact) mass is 502 g/mol. The summed E-state index contributed by atoms with van der Waals surface area (Å²) in [6.45, 7) is 10.3. The molecule has 0 aromatic rings. The van der Waals surface area contributed by atoms with Crippen molar-refractivity contribution in [3.05, 3.63) is 0 Å². The van der Waals surface area contributed by atoms with Gasteiger partial charge in [-0.15, -0.1) is 0 Å². The molecule has 1 aliphatic heterocycles. The van der Waals surface area contributed by atoms with Crippen LogP contribution in [0.1, 0.15) is 111 Å². The van der Waals surface area contributed by atoms with Crippen molar-refractivity contribution >= 4 is 11.8 Å². The van der Waals surface area contributed by atoms with E-state index in [4.69, 9.17) is 9.47 Å². The Morgan fingerprint density at radius 2 is 1.81 bits per heavy atom. The van der Waals surface area contributed by atoms with Crippen LogP contribution in [0, 0.1) is 52.3 Å². The van der Waals surface area contributed by atoms with Gasteiger partial charge in [-0.2, -0.15) is 0 Å². The molecule has 0 spiro atoms. The van der Waals surface area contributed by atoms with Gasteiger partial charge in [0.25, 0.3) is 0 Å². The predicted octanol–water partition coefficient (Wildman–Crippen LogP) is 6.87. The third-order valence-electron chi connectivity index (χ3n) is 12.2. The van der Waals surface area contributed by atoms with Crippen LogP contribution in [-0.4, -0.2) is 35.9 Å². The number of hydrogen-bond acceptors (Lipinski definition) is 4. The largest absolute Gasteiger partial charge is 0.481 e. The van der Waals surface area contributed by atoms with Gasteiger partial charge in [0, 0.05) is 24.9 Å². The van der Waals surface area contributed by atoms with Gasteiger partial charge in [-0.25, -0.2) is 0 Å². The van der Waals surface area contributed by atoms with E-state index < -0.39 is 5.97 Å². The Morgan fingerprint density at radius 3 is 2.50 bits per heavy atom. The summed E-state index contributed by atoms with van der Waals surface area (Å²) in [4.78, 5) is 25.5. The highest BCUT2D eigenvalue weighted by atomic mass is 16.7. The minimum atomic E-state index is -0.688. The van der Waals surface area contributed by atoms with Gasteiger partial charge in [0.1, 0.15) is 5.78 Å². The van der Waals surface area contributed by atoms with E-state index in [0.29, 0.717) is 35.4 Å². The molecule has 5 fully saturated rings. The van der Waals surface area contributed by atoms with Crippen LogP contribution in [0.3, 0.4) is 0 Å². The van der Waals surface area contributed by atoms with E-state index in [1.54, 1.807) is 0 Å². The second-order valence-corrected chi connectivity index (χ2v) is 13.7. The number of carbonyl (C=O) groups excluding carboxylic acids is 1. The molecule has 0 radical (unpaired) electrons. The lowest BCUT2D eigenvalue weighted by atomic mass is 9.42. The number of carbonyl (C=O) groups is 2. The Morgan fingerprint density at radius 1 is 1.06 bits per heavy atom. The fourth-order valence-electron chi connectivity index (χ4n) is 10.3. The lowest BCUT2D eigenvalue weighted by molar-refractivity contribution is -0.216. The maximum absolute atomic E-state index is 14.3. The van der Waals surface area contributed by atoms with Crippen molar-refractivity contribution in [1.82, 2.24) is 0 Å². The van der Waals surface area contributed by atoms with Crippen LogP contribution in [0.2, 0.25) is 0 Å². The summed E-state index contributed by atoms with van der Waals surface area (Å²) in [6, 6.07) is 0. The Labute approximate surface area is 218 Å². The number of ketones is 1. The number of rotatable bonds is 7. The molecule has 1 N–H and O–H groups in total. The number of carboxylic acids is 1. The number of fused-ring (bicyclic) bond motifs is 5. The normalized spacial score (nSPS) is 47.5. The highest BCUT2D eigenvalue weighted by molar-refractivity contribution is 5.86. The minimum absolute atomic E-state index is 0.0471. The summed E-state index contributed by atoms with van der Waals surface area (Å²) in [5.74, 6) is 2.57. The SMILES string of the molecule is CCC1C(=O)C2C3CCC(C(C)CCC(=O)O)C3(C)CCC2C2(C)CCC(OC3CCCCO3)CC12. The highest BCUT2D eigenvalue weighted by Gasteiger charge is 2.65. The second kappa shape index (κ2) is 10.3. The molecule has 4 saturated carbocycles. The quantitative estimate of drug-likeness (QED) is 0.384. The summed E-state index contributed by atoms with van der Waals surface area (Å²) < 4.78 is 12.4. The second-order valence-electron chi connectivity index (χ2n) is 13.7. The number of ether oxygens (including phenoxy) is 2. The molecule has 1 heterocycles. The van der Waals surface area contributed by atoms with Gasteiger partial charge in [0.15, 0.2) is 6.29 Å². The van der Waals surface area contributed by atoms with Crippen LogP contribution >= 0.6 is 0 Å². The van der Waals surface area contributed by atoms with Gasteiger partial charge >= 0.3 is 5.97 Å².